The van der Waals surface area contributed by atoms with Crippen molar-refractivity contribution in [1.82, 2.24) is 10.2 Å². The highest BCUT2D eigenvalue weighted by molar-refractivity contribution is 6.35. The Morgan fingerprint density at radius 1 is 1.15 bits per heavy atom. The Bertz CT molecular complexity index is 850. The van der Waals surface area contributed by atoms with Gasteiger partial charge in [0.1, 0.15) is 5.75 Å². The van der Waals surface area contributed by atoms with Crippen LogP contribution in [0, 0.1) is 6.92 Å². The second kappa shape index (κ2) is 8.22. The Morgan fingerprint density at radius 2 is 1.89 bits per heavy atom. The Labute approximate surface area is 158 Å². The number of nitrogens with one attached hydrogen (secondary N) is 1. The van der Waals surface area contributed by atoms with Gasteiger partial charge in [0.2, 0.25) is 0 Å². The summed E-state index contributed by atoms with van der Waals surface area (Å²) in [5.74, 6) is -1.12. The van der Waals surface area contributed by atoms with Crippen molar-refractivity contribution in [2.24, 2.45) is 0 Å². The number of phenols is 1. The van der Waals surface area contributed by atoms with Crippen molar-refractivity contribution in [3.8, 4) is 5.75 Å². The topological polar surface area (TPSA) is 89.9 Å². The number of amides is 2. The number of carbonyl (C=O) groups is 2. The number of aromatic hydroxyl groups is 1. The average Bonchev–Trinajstić information content (AvgIpc) is 2.68. The molecule has 6 heteroatoms. The minimum atomic E-state index is -0.680. The number of hydrogen-bond donors (Lipinski definition) is 3. The van der Waals surface area contributed by atoms with Crippen LogP contribution < -0.4 is 5.32 Å². The first-order chi connectivity index (χ1) is 13.0. The zero-order valence-electron chi connectivity index (χ0n) is 15.3. The van der Waals surface area contributed by atoms with Gasteiger partial charge in [-0.05, 0) is 48.1 Å². The minimum absolute atomic E-state index is 0.0410. The lowest BCUT2D eigenvalue weighted by atomic mass is 9.92. The molecule has 1 aliphatic heterocycles. The van der Waals surface area contributed by atoms with E-state index in [2.05, 4.69) is 5.32 Å². The fourth-order valence-electron chi connectivity index (χ4n) is 3.48. The van der Waals surface area contributed by atoms with Gasteiger partial charge < -0.3 is 20.4 Å². The molecule has 0 spiro atoms. The molecule has 0 saturated carbocycles. The highest BCUT2D eigenvalue weighted by atomic mass is 16.3. The monoisotopic (exact) mass is 368 g/mol. The van der Waals surface area contributed by atoms with E-state index in [0.29, 0.717) is 24.9 Å². The first-order valence-electron chi connectivity index (χ1n) is 9.05. The van der Waals surface area contributed by atoms with Gasteiger partial charge in [-0.3, -0.25) is 9.59 Å². The molecule has 2 amide bonds. The van der Waals surface area contributed by atoms with Crippen LogP contribution in [-0.4, -0.2) is 39.6 Å². The maximum Gasteiger partial charge on any atom is 0.312 e. The highest BCUT2D eigenvalue weighted by Crippen LogP contribution is 2.25. The van der Waals surface area contributed by atoms with E-state index in [1.165, 1.54) is 0 Å². The van der Waals surface area contributed by atoms with Crippen LogP contribution in [0.2, 0.25) is 0 Å². The summed E-state index contributed by atoms with van der Waals surface area (Å²) in [6, 6.07) is 12.7. The van der Waals surface area contributed by atoms with Crippen molar-refractivity contribution in [1.29, 1.82) is 0 Å². The van der Waals surface area contributed by atoms with Crippen LogP contribution in [0.5, 0.6) is 5.75 Å². The molecule has 2 aromatic carbocycles. The number of phenolic OH excluding ortho intramolecular Hbond substituents is 1. The van der Waals surface area contributed by atoms with Gasteiger partial charge in [0.15, 0.2) is 0 Å². The number of carbonyl (C=O) groups excluding carboxylic acids is 2. The molecule has 0 aliphatic carbocycles. The molecular weight excluding hydrogens is 344 g/mol. The molecule has 1 heterocycles. The van der Waals surface area contributed by atoms with Gasteiger partial charge in [-0.2, -0.15) is 0 Å². The van der Waals surface area contributed by atoms with Crippen LogP contribution in [0.25, 0.3) is 0 Å². The summed E-state index contributed by atoms with van der Waals surface area (Å²) in [6.07, 6.45) is 1.06. The zero-order valence-corrected chi connectivity index (χ0v) is 15.3. The van der Waals surface area contributed by atoms with Crippen molar-refractivity contribution in [3.05, 3.63) is 64.7 Å². The third-order valence-corrected chi connectivity index (χ3v) is 5.13. The molecule has 1 unspecified atom stereocenters. The zero-order chi connectivity index (χ0) is 19.4. The Balaban J connectivity index is 1.71. The summed E-state index contributed by atoms with van der Waals surface area (Å²) in [4.78, 5) is 26.7. The van der Waals surface area contributed by atoms with Crippen molar-refractivity contribution in [2.75, 3.05) is 6.61 Å². The van der Waals surface area contributed by atoms with Crippen molar-refractivity contribution in [3.63, 3.8) is 0 Å². The van der Waals surface area contributed by atoms with Gasteiger partial charge in [0.25, 0.3) is 0 Å². The maximum atomic E-state index is 12.7. The van der Waals surface area contributed by atoms with Crippen LogP contribution in [0.1, 0.15) is 28.7 Å². The number of fused-ring (bicyclic) bond motifs is 1. The van der Waals surface area contributed by atoms with Crippen molar-refractivity contribution in [2.45, 2.75) is 38.9 Å². The molecule has 2 aromatic rings. The predicted molar refractivity (Wildman–Crippen MR) is 101 cm³/mol. The molecule has 0 radical (unpaired) electrons. The molecule has 3 rings (SSSR count). The summed E-state index contributed by atoms with van der Waals surface area (Å²) in [6.45, 7) is 2.25. The summed E-state index contributed by atoms with van der Waals surface area (Å²) < 4.78 is 0. The third-order valence-electron chi connectivity index (χ3n) is 5.13. The van der Waals surface area contributed by atoms with E-state index in [0.717, 1.165) is 16.7 Å². The molecule has 3 N–H and O–H groups in total. The largest absolute Gasteiger partial charge is 0.508 e. The highest BCUT2D eigenvalue weighted by Gasteiger charge is 2.32. The van der Waals surface area contributed by atoms with E-state index in [9.17, 15) is 19.8 Å². The van der Waals surface area contributed by atoms with Gasteiger partial charge >= 0.3 is 11.8 Å². The fraction of sp³-hybridized carbons (Fsp3) is 0.333. The lowest BCUT2D eigenvalue weighted by Gasteiger charge is -2.36. The SMILES string of the molecule is Cc1c(O)cccc1CNC(=O)C(=O)N1Cc2ccccc2CC1CCO. The summed E-state index contributed by atoms with van der Waals surface area (Å²) in [5.41, 5.74) is 3.61. The smallest absolute Gasteiger partial charge is 0.312 e. The molecule has 0 fully saturated rings. The quantitative estimate of drug-likeness (QED) is 0.716. The van der Waals surface area contributed by atoms with E-state index in [-0.39, 0.29) is 24.9 Å². The number of aliphatic hydroxyl groups excluding tert-OH is 1. The standard InChI is InChI=1S/C21H24N2O4/c1-14-16(7-4-8-19(14)25)12-22-20(26)21(27)23-13-17-6-3-2-5-15(17)11-18(23)9-10-24/h2-8,18,24-25H,9-13H2,1H3,(H,22,26). The van der Waals surface area contributed by atoms with Gasteiger partial charge in [-0.15, -0.1) is 0 Å². The van der Waals surface area contributed by atoms with Gasteiger partial charge in [0.05, 0.1) is 0 Å². The molecule has 1 aliphatic rings. The molecule has 0 aromatic heterocycles. The van der Waals surface area contributed by atoms with E-state index in [1.807, 2.05) is 24.3 Å². The lowest BCUT2D eigenvalue weighted by Crippen LogP contribution is -2.50. The van der Waals surface area contributed by atoms with E-state index in [4.69, 9.17) is 0 Å². The molecule has 0 bridgehead atoms. The summed E-state index contributed by atoms with van der Waals surface area (Å²) >= 11 is 0. The minimum Gasteiger partial charge on any atom is -0.508 e. The first kappa shape index (κ1) is 18.9. The van der Waals surface area contributed by atoms with Crippen LogP contribution >= 0.6 is 0 Å². The number of benzene rings is 2. The Morgan fingerprint density at radius 3 is 2.63 bits per heavy atom. The van der Waals surface area contributed by atoms with Crippen molar-refractivity contribution >= 4 is 11.8 Å². The van der Waals surface area contributed by atoms with Gasteiger partial charge in [-0.25, -0.2) is 0 Å². The average molecular weight is 368 g/mol. The molecule has 0 saturated heterocycles. The Kier molecular flexibility index (Phi) is 5.76. The number of rotatable bonds is 4. The van der Waals surface area contributed by atoms with Crippen LogP contribution in [-0.2, 0) is 29.1 Å². The molecule has 142 valence electrons. The second-order valence-electron chi connectivity index (χ2n) is 6.82. The lowest BCUT2D eigenvalue weighted by molar-refractivity contribution is -0.148. The number of nitrogens with zero attached hydrogens (tertiary/aromatic N) is 1. The molecular formula is C21H24N2O4. The van der Waals surface area contributed by atoms with Crippen LogP contribution in [0.15, 0.2) is 42.5 Å². The van der Waals surface area contributed by atoms with Crippen molar-refractivity contribution < 1.29 is 19.8 Å². The Hall–Kier alpha value is -2.86. The number of hydrogen-bond acceptors (Lipinski definition) is 4. The summed E-state index contributed by atoms with van der Waals surface area (Å²) in [7, 11) is 0. The van der Waals surface area contributed by atoms with E-state index >= 15 is 0 Å². The van der Waals surface area contributed by atoms with Crippen LogP contribution in [0.3, 0.4) is 0 Å². The van der Waals surface area contributed by atoms with Gasteiger partial charge in [0, 0.05) is 25.7 Å². The van der Waals surface area contributed by atoms with Crippen LogP contribution in [0.4, 0.5) is 0 Å². The normalized spacial score (nSPS) is 15.9. The predicted octanol–water partition coefficient (Wildman–Crippen LogP) is 1.65. The fourth-order valence-corrected chi connectivity index (χ4v) is 3.48. The molecule has 27 heavy (non-hydrogen) atoms. The molecule has 6 nitrogen and oxygen atoms in total. The summed E-state index contributed by atoms with van der Waals surface area (Å²) in [5, 5.41) is 21.8. The number of aliphatic hydroxyl groups is 1. The third kappa shape index (κ3) is 4.11. The molecule has 1 atom stereocenters. The maximum absolute atomic E-state index is 12.7. The van der Waals surface area contributed by atoms with E-state index in [1.54, 1.807) is 30.0 Å². The van der Waals surface area contributed by atoms with Gasteiger partial charge in [-0.1, -0.05) is 36.4 Å². The second-order valence-corrected chi connectivity index (χ2v) is 6.82. The first-order valence-corrected chi connectivity index (χ1v) is 9.05. The van der Waals surface area contributed by atoms with E-state index < -0.39 is 11.8 Å².